The maximum atomic E-state index is 12.6. The molecule has 0 spiro atoms. The topological polar surface area (TPSA) is 87.0 Å². The van der Waals surface area contributed by atoms with Crippen LogP contribution in [0.25, 0.3) is 22.2 Å². The lowest BCUT2D eigenvalue weighted by molar-refractivity contribution is 0.0632. The zero-order valence-corrected chi connectivity index (χ0v) is 23.3. The fraction of sp³-hybridized carbons (Fsp3) is 0.500. The molecule has 1 aromatic carbocycles. The molecule has 2 N–H and O–H groups in total. The van der Waals surface area contributed by atoms with Gasteiger partial charge in [-0.2, -0.15) is 5.10 Å². The Morgan fingerprint density at radius 1 is 1.16 bits per heavy atom. The number of hydrogen-bond donors (Lipinski definition) is 2. The summed E-state index contributed by atoms with van der Waals surface area (Å²) in [5.74, 6) is 0.757. The number of benzene rings is 1. The number of fused-ring (bicyclic) bond motifs is 1. The number of rotatable bonds is 5. The number of ether oxygens (including phenoxy) is 1. The molecular weight excluding hydrogens is 476 g/mol. The molecule has 4 heterocycles. The summed E-state index contributed by atoms with van der Waals surface area (Å²) in [7, 11) is 1.79. The number of likely N-dealkylation sites (tertiary alicyclic amines) is 1. The van der Waals surface area contributed by atoms with E-state index in [0.29, 0.717) is 11.8 Å². The molecule has 5 rings (SSSR count). The van der Waals surface area contributed by atoms with Crippen molar-refractivity contribution in [2.24, 2.45) is 10.1 Å². The molecule has 0 saturated carbocycles. The summed E-state index contributed by atoms with van der Waals surface area (Å²) < 4.78 is 7.45. The molecule has 2 aliphatic rings. The van der Waals surface area contributed by atoms with Gasteiger partial charge >= 0.3 is 6.09 Å². The molecule has 38 heavy (non-hydrogen) atoms. The largest absolute Gasteiger partial charge is 0.445 e. The van der Waals surface area contributed by atoms with Crippen LogP contribution < -0.4 is 10.8 Å². The van der Waals surface area contributed by atoms with Crippen LogP contribution in [0.4, 0.5) is 4.79 Å². The van der Waals surface area contributed by atoms with Crippen molar-refractivity contribution in [1.82, 2.24) is 19.9 Å². The predicted octanol–water partition coefficient (Wildman–Crippen LogP) is 5.05. The van der Waals surface area contributed by atoms with Gasteiger partial charge in [0.1, 0.15) is 6.10 Å². The van der Waals surface area contributed by atoms with Crippen LogP contribution in [0, 0.1) is 13.8 Å². The van der Waals surface area contributed by atoms with E-state index >= 15 is 0 Å². The Morgan fingerprint density at radius 3 is 2.55 bits per heavy atom. The van der Waals surface area contributed by atoms with Gasteiger partial charge in [0.25, 0.3) is 0 Å². The van der Waals surface area contributed by atoms with Crippen LogP contribution in [0.1, 0.15) is 67.2 Å². The van der Waals surface area contributed by atoms with Crippen molar-refractivity contribution in [3.05, 3.63) is 52.1 Å². The van der Waals surface area contributed by atoms with Gasteiger partial charge in [0.05, 0.1) is 5.69 Å². The minimum absolute atomic E-state index is 0.0107. The van der Waals surface area contributed by atoms with E-state index in [9.17, 15) is 4.79 Å². The molecule has 1 atom stereocenters. The summed E-state index contributed by atoms with van der Waals surface area (Å²) in [6.07, 6.45) is 4.68. The molecule has 2 saturated heterocycles. The predicted molar refractivity (Wildman–Crippen MR) is 153 cm³/mol. The van der Waals surface area contributed by atoms with Crippen molar-refractivity contribution in [2.45, 2.75) is 64.9 Å². The summed E-state index contributed by atoms with van der Waals surface area (Å²) in [6, 6.07) is 6.83. The number of aromatic amines is 1. The SMILES string of the molecule is C=Nn1cc(-c2[nH]c3ccc(C4CCN(C(=O)O[C@@H]5CCNC5)CC4)cc3c2C(C)C)c(C)c(C)c1=NC. The van der Waals surface area contributed by atoms with Crippen molar-refractivity contribution in [1.29, 1.82) is 0 Å². The fourth-order valence-electron chi connectivity index (χ4n) is 6.09. The van der Waals surface area contributed by atoms with E-state index in [2.05, 4.69) is 73.0 Å². The smallest absolute Gasteiger partial charge is 0.410 e. The summed E-state index contributed by atoms with van der Waals surface area (Å²) in [5, 5.41) is 8.72. The van der Waals surface area contributed by atoms with E-state index in [1.54, 1.807) is 11.7 Å². The highest BCUT2D eigenvalue weighted by Gasteiger charge is 2.28. The number of H-pyrrole nitrogens is 1. The lowest BCUT2D eigenvalue weighted by Gasteiger charge is -2.32. The molecule has 0 aliphatic carbocycles. The van der Waals surface area contributed by atoms with Crippen LogP contribution in [0.15, 0.2) is 34.5 Å². The van der Waals surface area contributed by atoms with E-state index < -0.39 is 0 Å². The Balaban J connectivity index is 1.44. The second kappa shape index (κ2) is 10.8. The summed E-state index contributed by atoms with van der Waals surface area (Å²) in [4.78, 5) is 22.6. The van der Waals surface area contributed by atoms with Gasteiger partial charge in [-0.25, -0.2) is 9.47 Å². The monoisotopic (exact) mass is 516 g/mol. The standard InChI is InChI=1S/C30H40N6O2/c1-18(2)27-24-15-22(21-10-13-35(14-11-21)30(37)38-23-9-12-33-16-23)7-8-26(24)34-28(27)25-17-36(32-6)29(31-5)20(4)19(25)3/h7-8,15,17-18,21,23,33-34H,6,9-14,16H2,1-5H3/t23-/m1/s1. The Labute approximate surface area is 224 Å². The minimum atomic E-state index is -0.163. The van der Waals surface area contributed by atoms with E-state index in [1.807, 2.05) is 11.1 Å². The number of aromatic nitrogens is 2. The number of hydrogen-bond acceptors (Lipinski definition) is 5. The van der Waals surface area contributed by atoms with Gasteiger partial charge in [-0.05, 0) is 85.9 Å². The second-order valence-electron chi connectivity index (χ2n) is 11.0. The molecule has 2 aromatic heterocycles. The number of pyridine rings is 1. The Morgan fingerprint density at radius 2 is 1.92 bits per heavy atom. The molecular formula is C30H40N6O2. The minimum Gasteiger partial charge on any atom is -0.445 e. The third kappa shape index (κ3) is 4.77. The number of amides is 1. The maximum absolute atomic E-state index is 12.6. The normalized spacial score (nSPS) is 19.1. The van der Waals surface area contributed by atoms with E-state index in [0.717, 1.165) is 73.3 Å². The summed E-state index contributed by atoms with van der Waals surface area (Å²) in [6.45, 7) is 15.7. The molecule has 8 nitrogen and oxygen atoms in total. The van der Waals surface area contributed by atoms with E-state index in [-0.39, 0.29) is 12.2 Å². The molecule has 0 radical (unpaired) electrons. The highest BCUT2D eigenvalue weighted by atomic mass is 16.6. The summed E-state index contributed by atoms with van der Waals surface area (Å²) >= 11 is 0. The van der Waals surface area contributed by atoms with Crippen LogP contribution >= 0.6 is 0 Å². The van der Waals surface area contributed by atoms with Crippen molar-refractivity contribution >= 4 is 23.7 Å². The molecule has 0 bridgehead atoms. The van der Waals surface area contributed by atoms with Crippen LogP contribution in [-0.4, -0.2) is 66.7 Å². The van der Waals surface area contributed by atoms with Crippen molar-refractivity contribution < 1.29 is 9.53 Å². The first-order chi connectivity index (χ1) is 18.3. The molecule has 0 unspecified atom stereocenters. The average molecular weight is 517 g/mol. The van der Waals surface area contributed by atoms with Gasteiger partial charge in [0, 0.05) is 56.1 Å². The van der Waals surface area contributed by atoms with Crippen molar-refractivity contribution in [2.75, 3.05) is 33.2 Å². The van der Waals surface area contributed by atoms with Crippen LogP contribution in [-0.2, 0) is 4.74 Å². The number of carbonyl (C=O) groups is 1. The lowest BCUT2D eigenvalue weighted by Crippen LogP contribution is -2.40. The molecule has 1 amide bonds. The zero-order chi connectivity index (χ0) is 27.0. The van der Waals surface area contributed by atoms with Gasteiger partial charge in [0.2, 0.25) is 0 Å². The number of nitrogens with one attached hydrogen (secondary N) is 2. The van der Waals surface area contributed by atoms with Crippen molar-refractivity contribution in [3.8, 4) is 11.3 Å². The van der Waals surface area contributed by atoms with Crippen LogP contribution in [0.5, 0.6) is 0 Å². The van der Waals surface area contributed by atoms with Crippen LogP contribution in [0.3, 0.4) is 0 Å². The fourth-order valence-corrected chi connectivity index (χ4v) is 6.09. The summed E-state index contributed by atoms with van der Waals surface area (Å²) in [5.41, 5.74) is 9.15. The first-order valence-electron chi connectivity index (χ1n) is 13.8. The number of nitrogens with zero attached hydrogens (tertiary/aromatic N) is 4. The highest BCUT2D eigenvalue weighted by Crippen LogP contribution is 2.39. The molecule has 3 aromatic rings. The first-order valence-corrected chi connectivity index (χ1v) is 13.8. The van der Waals surface area contributed by atoms with Crippen molar-refractivity contribution in [3.63, 3.8) is 0 Å². The molecule has 202 valence electrons. The number of carbonyl (C=O) groups excluding carboxylic acids is 1. The maximum Gasteiger partial charge on any atom is 0.410 e. The third-order valence-electron chi connectivity index (χ3n) is 8.35. The van der Waals surface area contributed by atoms with Crippen LogP contribution in [0.2, 0.25) is 0 Å². The van der Waals surface area contributed by atoms with Gasteiger partial charge in [-0.1, -0.05) is 19.9 Å². The average Bonchev–Trinajstić information content (AvgIpc) is 3.57. The Hall–Kier alpha value is -3.39. The first kappa shape index (κ1) is 26.2. The number of piperidine rings is 1. The Bertz CT molecular complexity index is 1420. The van der Waals surface area contributed by atoms with Gasteiger partial charge in [0.15, 0.2) is 5.49 Å². The van der Waals surface area contributed by atoms with Gasteiger partial charge in [-0.3, -0.25) is 4.99 Å². The third-order valence-corrected chi connectivity index (χ3v) is 8.35. The quantitative estimate of drug-likeness (QED) is 0.466. The second-order valence-corrected chi connectivity index (χ2v) is 11.0. The molecule has 2 aliphatic heterocycles. The molecule has 2 fully saturated rings. The van der Waals surface area contributed by atoms with Gasteiger partial charge in [-0.15, -0.1) is 0 Å². The Kier molecular flexibility index (Phi) is 7.43. The molecule has 8 heteroatoms. The zero-order valence-electron chi connectivity index (χ0n) is 23.3. The lowest BCUT2D eigenvalue weighted by atomic mass is 9.87. The van der Waals surface area contributed by atoms with E-state index in [1.165, 1.54) is 22.1 Å². The highest BCUT2D eigenvalue weighted by molar-refractivity contribution is 5.92. The van der Waals surface area contributed by atoms with Gasteiger partial charge < -0.3 is 19.9 Å². The van der Waals surface area contributed by atoms with E-state index in [4.69, 9.17) is 4.74 Å².